The van der Waals surface area contributed by atoms with Crippen LogP contribution in [0.25, 0.3) is 0 Å². The van der Waals surface area contributed by atoms with Crippen LogP contribution in [0.5, 0.6) is 0 Å². The van der Waals surface area contributed by atoms with Crippen LogP contribution in [0.1, 0.15) is 62.3 Å². The molecule has 5 nitrogen and oxygen atoms in total. The highest BCUT2D eigenvalue weighted by molar-refractivity contribution is 7.99. The first-order valence-corrected chi connectivity index (χ1v) is 8.54. The van der Waals surface area contributed by atoms with Gasteiger partial charge >= 0.3 is 5.97 Å². The fourth-order valence-electron chi connectivity index (χ4n) is 2.62. The minimum atomic E-state index is -1.00. The number of anilines is 1. The predicted molar refractivity (Wildman–Crippen MR) is 86.3 cm³/mol. The third-order valence-corrected chi connectivity index (χ3v) is 4.91. The summed E-state index contributed by atoms with van der Waals surface area (Å²) in [6.45, 7) is 6.08. The van der Waals surface area contributed by atoms with Gasteiger partial charge in [0.05, 0.1) is 11.9 Å². The lowest BCUT2D eigenvalue weighted by atomic mass is 10.2. The van der Waals surface area contributed by atoms with Gasteiger partial charge in [-0.25, -0.2) is 14.8 Å². The molecule has 0 spiro atoms. The van der Waals surface area contributed by atoms with Crippen molar-refractivity contribution in [3.05, 3.63) is 17.7 Å². The molecule has 0 aromatic carbocycles. The van der Waals surface area contributed by atoms with E-state index in [1.54, 1.807) is 6.20 Å². The molecule has 0 bridgehead atoms. The van der Waals surface area contributed by atoms with Crippen molar-refractivity contribution < 1.29 is 9.90 Å². The molecular formula is C15H23N3O2S. The van der Waals surface area contributed by atoms with E-state index in [2.05, 4.69) is 22.2 Å². The van der Waals surface area contributed by atoms with Gasteiger partial charge in [0.25, 0.3) is 0 Å². The molecule has 1 saturated carbocycles. The predicted octanol–water partition coefficient (Wildman–Crippen LogP) is 3.38. The number of nitrogens with zero attached hydrogens (tertiary/aromatic N) is 2. The van der Waals surface area contributed by atoms with Crippen molar-refractivity contribution in [1.29, 1.82) is 0 Å². The topological polar surface area (TPSA) is 75.1 Å². The number of aromatic nitrogens is 2. The molecule has 1 fully saturated rings. The number of carboxylic acid groups (broad SMARTS) is 1. The van der Waals surface area contributed by atoms with E-state index in [1.165, 1.54) is 6.42 Å². The fourth-order valence-corrected chi connectivity index (χ4v) is 3.76. The van der Waals surface area contributed by atoms with E-state index in [0.717, 1.165) is 18.6 Å². The minimum absolute atomic E-state index is 0.0836. The third-order valence-electron chi connectivity index (χ3n) is 3.67. The molecule has 1 aromatic heterocycles. The van der Waals surface area contributed by atoms with Gasteiger partial charge in [-0.05, 0) is 25.0 Å². The van der Waals surface area contributed by atoms with E-state index in [4.69, 9.17) is 0 Å². The number of carboxylic acids is 1. The van der Waals surface area contributed by atoms with Crippen LogP contribution in [0.2, 0.25) is 0 Å². The average Bonchev–Trinajstić information content (AvgIpc) is 2.86. The maximum Gasteiger partial charge on any atom is 0.356 e. The summed E-state index contributed by atoms with van der Waals surface area (Å²) >= 11 is 1.98. The molecule has 2 unspecified atom stereocenters. The number of nitrogens with one attached hydrogen (secondary N) is 1. The van der Waals surface area contributed by atoms with Gasteiger partial charge < -0.3 is 10.4 Å². The molecule has 0 saturated heterocycles. The zero-order chi connectivity index (χ0) is 15.4. The summed E-state index contributed by atoms with van der Waals surface area (Å²) in [5.41, 5.74) is 0.624. The van der Waals surface area contributed by atoms with E-state index in [9.17, 15) is 9.90 Å². The van der Waals surface area contributed by atoms with Crippen molar-refractivity contribution in [2.75, 3.05) is 11.1 Å². The van der Waals surface area contributed by atoms with E-state index < -0.39 is 5.97 Å². The van der Waals surface area contributed by atoms with Crippen LogP contribution in [-0.2, 0) is 0 Å². The summed E-state index contributed by atoms with van der Waals surface area (Å²) in [7, 11) is 0. The van der Waals surface area contributed by atoms with Gasteiger partial charge in [-0.1, -0.05) is 20.8 Å². The molecule has 1 aliphatic rings. The zero-order valence-electron chi connectivity index (χ0n) is 12.8. The highest BCUT2D eigenvalue weighted by atomic mass is 32.2. The minimum Gasteiger partial charge on any atom is -0.476 e. The maximum atomic E-state index is 11.4. The van der Waals surface area contributed by atoms with Crippen molar-refractivity contribution in [3.63, 3.8) is 0 Å². The van der Waals surface area contributed by atoms with Gasteiger partial charge in [0.15, 0.2) is 5.69 Å². The van der Waals surface area contributed by atoms with Crippen molar-refractivity contribution >= 4 is 23.4 Å². The SMILES string of the molecule is CCSC1CCC(Nc2cnc(C(C)C)nc2C(=O)O)C1. The summed E-state index contributed by atoms with van der Waals surface area (Å²) in [6.07, 6.45) is 4.95. The van der Waals surface area contributed by atoms with Crippen LogP contribution in [0.15, 0.2) is 6.20 Å². The molecule has 1 aliphatic carbocycles. The second-order valence-electron chi connectivity index (χ2n) is 5.68. The lowest BCUT2D eigenvalue weighted by Crippen LogP contribution is -2.20. The van der Waals surface area contributed by atoms with Gasteiger partial charge in [-0.15, -0.1) is 0 Å². The van der Waals surface area contributed by atoms with Crippen LogP contribution in [-0.4, -0.2) is 38.1 Å². The Hall–Kier alpha value is -1.30. The van der Waals surface area contributed by atoms with E-state index in [0.29, 0.717) is 22.8 Å². The summed E-state index contributed by atoms with van der Waals surface area (Å²) < 4.78 is 0. The Kier molecular flexibility index (Phi) is 5.45. The van der Waals surface area contributed by atoms with Crippen molar-refractivity contribution in [3.8, 4) is 0 Å². The van der Waals surface area contributed by atoms with Crippen LogP contribution in [0.4, 0.5) is 5.69 Å². The maximum absolute atomic E-state index is 11.4. The van der Waals surface area contributed by atoms with Crippen molar-refractivity contribution in [2.45, 2.75) is 57.2 Å². The first-order valence-electron chi connectivity index (χ1n) is 7.49. The van der Waals surface area contributed by atoms with E-state index in [1.807, 2.05) is 25.6 Å². The molecular weight excluding hydrogens is 286 g/mol. The average molecular weight is 309 g/mol. The Bertz CT molecular complexity index is 508. The van der Waals surface area contributed by atoms with Gasteiger partial charge in [0, 0.05) is 17.2 Å². The molecule has 0 aliphatic heterocycles. The molecule has 2 atom stereocenters. The summed E-state index contributed by atoms with van der Waals surface area (Å²) in [6, 6.07) is 0.320. The smallest absolute Gasteiger partial charge is 0.356 e. The standard InChI is InChI=1S/C15H23N3O2S/c1-4-21-11-6-5-10(7-11)17-12-8-16-14(9(2)3)18-13(12)15(19)20/h8-11,17H,4-7H2,1-3H3,(H,19,20). The second kappa shape index (κ2) is 7.11. The van der Waals surface area contributed by atoms with Crippen LogP contribution < -0.4 is 5.32 Å². The first-order chi connectivity index (χ1) is 10.0. The molecule has 21 heavy (non-hydrogen) atoms. The van der Waals surface area contributed by atoms with E-state index in [-0.39, 0.29) is 11.6 Å². The Morgan fingerprint density at radius 1 is 1.52 bits per heavy atom. The Morgan fingerprint density at radius 2 is 2.29 bits per heavy atom. The highest BCUT2D eigenvalue weighted by Gasteiger charge is 2.26. The summed E-state index contributed by atoms with van der Waals surface area (Å²) in [4.78, 5) is 19.9. The summed E-state index contributed by atoms with van der Waals surface area (Å²) in [5, 5.41) is 13.4. The molecule has 2 rings (SSSR count). The largest absolute Gasteiger partial charge is 0.476 e. The summed E-state index contributed by atoms with van der Waals surface area (Å²) in [5.74, 6) is 0.821. The van der Waals surface area contributed by atoms with Crippen LogP contribution in [0.3, 0.4) is 0 Å². The van der Waals surface area contributed by atoms with Crippen molar-refractivity contribution in [1.82, 2.24) is 9.97 Å². The second-order valence-corrected chi connectivity index (χ2v) is 7.26. The monoisotopic (exact) mass is 309 g/mol. The molecule has 116 valence electrons. The Morgan fingerprint density at radius 3 is 2.90 bits per heavy atom. The van der Waals surface area contributed by atoms with Gasteiger partial charge in [-0.3, -0.25) is 0 Å². The quantitative estimate of drug-likeness (QED) is 0.839. The zero-order valence-corrected chi connectivity index (χ0v) is 13.6. The molecule has 0 radical (unpaired) electrons. The van der Waals surface area contributed by atoms with Crippen LogP contribution >= 0.6 is 11.8 Å². The highest BCUT2D eigenvalue weighted by Crippen LogP contribution is 2.32. The fraction of sp³-hybridized carbons (Fsp3) is 0.667. The Balaban J connectivity index is 2.11. The molecule has 2 N–H and O–H groups in total. The normalized spacial score (nSPS) is 21.7. The Labute approximate surface area is 130 Å². The van der Waals surface area contributed by atoms with Gasteiger partial charge in [0.2, 0.25) is 0 Å². The van der Waals surface area contributed by atoms with Crippen molar-refractivity contribution in [2.24, 2.45) is 0 Å². The third kappa shape index (κ3) is 4.09. The number of hydrogen-bond acceptors (Lipinski definition) is 5. The number of thioether (sulfide) groups is 1. The molecule has 1 heterocycles. The van der Waals surface area contributed by atoms with Crippen LogP contribution in [0, 0.1) is 0 Å². The van der Waals surface area contributed by atoms with Gasteiger partial charge in [-0.2, -0.15) is 11.8 Å². The number of hydrogen-bond donors (Lipinski definition) is 2. The lowest BCUT2D eigenvalue weighted by molar-refractivity contribution is 0.0691. The van der Waals surface area contributed by atoms with E-state index >= 15 is 0 Å². The lowest BCUT2D eigenvalue weighted by Gasteiger charge is -2.16. The van der Waals surface area contributed by atoms with Gasteiger partial charge in [0.1, 0.15) is 5.82 Å². The molecule has 1 aromatic rings. The number of carbonyl (C=O) groups is 1. The number of aromatic carboxylic acids is 1. The molecule has 0 amide bonds. The first kappa shape index (κ1) is 16.1. The molecule has 6 heteroatoms. The number of rotatable bonds is 6.